The van der Waals surface area contributed by atoms with Gasteiger partial charge in [0, 0.05) is 6.54 Å². The Labute approximate surface area is 111 Å². The van der Waals surface area contributed by atoms with Crippen molar-refractivity contribution in [2.45, 2.75) is 31.5 Å². The first-order valence-corrected chi connectivity index (χ1v) is 6.28. The van der Waals surface area contributed by atoms with E-state index in [1.54, 1.807) is 0 Å². The van der Waals surface area contributed by atoms with Gasteiger partial charge in [0.1, 0.15) is 28.0 Å². The second kappa shape index (κ2) is 4.56. The second-order valence-corrected chi connectivity index (χ2v) is 4.91. The summed E-state index contributed by atoms with van der Waals surface area (Å²) in [6.45, 7) is 2.50. The molecule has 1 heterocycles. The van der Waals surface area contributed by atoms with Crippen LogP contribution < -0.4 is 10.6 Å². The van der Waals surface area contributed by atoms with Crippen LogP contribution in [-0.2, 0) is 0 Å². The van der Waals surface area contributed by atoms with Crippen LogP contribution >= 0.6 is 15.9 Å². The normalized spacial score (nSPS) is 17.4. The minimum Gasteiger partial charge on any atom is -0.369 e. The molecule has 1 aromatic rings. The number of anilines is 2. The number of rotatable bonds is 4. The van der Waals surface area contributed by atoms with E-state index in [1.165, 1.54) is 6.33 Å². The van der Waals surface area contributed by atoms with E-state index < -0.39 is 11.7 Å². The molecule has 0 unspecified atom stereocenters. The summed E-state index contributed by atoms with van der Waals surface area (Å²) in [6, 6.07) is 0. The van der Waals surface area contributed by atoms with Gasteiger partial charge in [0.25, 0.3) is 0 Å². The Balaban J connectivity index is 2.23. The van der Waals surface area contributed by atoms with Gasteiger partial charge < -0.3 is 10.6 Å². The fourth-order valence-electron chi connectivity index (χ4n) is 1.58. The van der Waals surface area contributed by atoms with Crippen LogP contribution in [0.1, 0.15) is 19.8 Å². The van der Waals surface area contributed by atoms with E-state index in [0.717, 1.165) is 0 Å². The van der Waals surface area contributed by atoms with E-state index in [0.29, 0.717) is 16.8 Å². The van der Waals surface area contributed by atoms with Crippen molar-refractivity contribution in [1.29, 1.82) is 0 Å². The van der Waals surface area contributed by atoms with Crippen LogP contribution in [0.25, 0.3) is 0 Å². The van der Waals surface area contributed by atoms with Gasteiger partial charge in [-0.3, -0.25) is 0 Å². The smallest absolute Gasteiger partial charge is 0.369 e. The maximum atomic E-state index is 12.8. The third-order valence-corrected chi connectivity index (χ3v) is 3.54. The standard InChI is InChI=1S/C10H12BrF3N4/c1-2-15-7-6(11)8(17-5-16-7)18-9(3-4-9)10(12,13)14/h5H,2-4H2,1H3,(H2,15,16,17,18). The first kappa shape index (κ1) is 13.4. The highest BCUT2D eigenvalue weighted by Crippen LogP contribution is 2.51. The van der Waals surface area contributed by atoms with Gasteiger partial charge in [0.2, 0.25) is 0 Å². The van der Waals surface area contributed by atoms with Gasteiger partial charge in [0.15, 0.2) is 0 Å². The molecule has 1 aliphatic carbocycles. The van der Waals surface area contributed by atoms with E-state index >= 15 is 0 Å². The van der Waals surface area contributed by atoms with Crippen LogP contribution in [-0.4, -0.2) is 28.2 Å². The number of halogens is 4. The van der Waals surface area contributed by atoms with Crippen LogP contribution in [0.4, 0.5) is 24.8 Å². The van der Waals surface area contributed by atoms with E-state index in [2.05, 4.69) is 36.5 Å². The lowest BCUT2D eigenvalue weighted by atomic mass is 10.2. The Morgan fingerprint density at radius 2 is 1.94 bits per heavy atom. The summed E-state index contributed by atoms with van der Waals surface area (Å²) in [7, 11) is 0. The minimum absolute atomic E-state index is 0.0729. The zero-order valence-corrected chi connectivity index (χ0v) is 11.2. The molecular weight excluding hydrogens is 313 g/mol. The number of aromatic nitrogens is 2. The third kappa shape index (κ3) is 2.38. The van der Waals surface area contributed by atoms with Crippen molar-refractivity contribution < 1.29 is 13.2 Å². The number of hydrogen-bond acceptors (Lipinski definition) is 4. The summed E-state index contributed by atoms with van der Waals surface area (Å²) in [4.78, 5) is 7.80. The van der Waals surface area contributed by atoms with Crippen molar-refractivity contribution >= 4 is 27.6 Å². The van der Waals surface area contributed by atoms with Crippen molar-refractivity contribution in [2.75, 3.05) is 17.2 Å². The van der Waals surface area contributed by atoms with Crippen molar-refractivity contribution in [3.63, 3.8) is 0 Å². The third-order valence-electron chi connectivity index (χ3n) is 2.78. The van der Waals surface area contributed by atoms with Crippen LogP contribution in [0.3, 0.4) is 0 Å². The highest BCUT2D eigenvalue weighted by Gasteiger charge is 2.63. The number of nitrogens with zero attached hydrogens (tertiary/aromatic N) is 2. The lowest BCUT2D eigenvalue weighted by Crippen LogP contribution is -2.39. The molecule has 18 heavy (non-hydrogen) atoms. The second-order valence-electron chi connectivity index (χ2n) is 4.12. The molecule has 0 bridgehead atoms. The Morgan fingerprint density at radius 3 is 2.44 bits per heavy atom. The Morgan fingerprint density at radius 1 is 1.33 bits per heavy atom. The van der Waals surface area contributed by atoms with E-state index in [-0.39, 0.29) is 18.7 Å². The molecule has 0 saturated heterocycles. The summed E-state index contributed by atoms with van der Waals surface area (Å²) in [5.41, 5.74) is -1.83. The zero-order chi connectivity index (χ0) is 13.4. The molecule has 0 aliphatic heterocycles. The van der Waals surface area contributed by atoms with Crippen molar-refractivity contribution in [1.82, 2.24) is 9.97 Å². The predicted octanol–water partition coefficient (Wildman–Crippen LogP) is 3.18. The van der Waals surface area contributed by atoms with Crippen LogP contribution in [0.2, 0.25) is 0 Å². The summed E-state index contributed by atoms with van der Waals surface area (Å²) in [5.74, 6) is 0.642. The molecule has 0 radical (unpaired) electrons. The molecule has 1 aliphatic rings. The average Bonchev–Trinajstić information content (AvgIpc) is 3.04. The van der Waals surface area contributed by atoms with Gasteiger partial charge >= 0.3 is 6.18 Å². The monoisotopic (exact) mass is 324 g/mol. The Hall–Kier alpha value is -1.05. The fraction of sp³-hybridized carbons (Fsp3) is 0.600. The molecule has 0 spiro atoms. The fourth-order valence-corrected chi connectivity index (χ4v) is 2.02. The van der Waals surface area contributed by atoms with Gasteiger partial charge in [-0.1, -0.05) is 0 Å². The van der Waals surface area contributed by atoms with Crippen LogP contribution in [0, 0.1) is 0 Å². The van der Waals surface area contributed by atoms with Gasteiger partial charge in [-0.15, -0.1) is 0 Å². The van der Waals surface area contributed by atoms with Crippen LogP contribution in [0.5, 0.6) is 0 Å². The first-order valence-electron chi connectivity index (χ1n) is 5.49. The van der Waals surface area contributed by atoms with Gasteiger partial charge in [0.05, 0.1) is 0 Å². The zero-order valence-electron chi connectivity index (χ0n) is 9.60. The highest BCUT2D eigenvalue weighted by atomic mass is 79.9. The van der Waals surface area contributed by atoms with E-state index in [9.17, 15) is 13.2 Å². The molecule has 2 N–H and O–H groups in total. The number of hydrogen-bond donors (Lipinski definition) is 2. The van der Waals surface area contributed by atoms with Gasteiger partial charge in [-0.05, 0) is 35.7 Å². The lowest BCUT2D eigenvalue weighted by Gasteiger charge is -2.22. The molecule has 0 atom stereocenters. The lowest BCUT2D eigenvalue weighted by molar-refractivity contribution is -0.151. The molecule has 1 fully saturated rings. The summed E-state index contributed by atoms with van der Waals surface area (Å²) in [5, 5.41) is 5.42. The maximum absolute atomic E-state index is 12.8. The first-order chi connectivity index (χ1) is 8.39. The summed E-state index contributed by atoms with van der Waals surface area (Å²) < 4.78 is 38.9. The predicted molar refractivity (Wildman–Crippen MR) is 65.5 cm³/mol. The number of alkyl halides is 3. The Kier molecular flexibility index (Phi) is 3.39. The summed E-state index contributed by atoms with van der Waals surface area (Å²) >= 11 is 3.21. The molecule has 1 aromatic heterocycles. The molecule has 1 saturated carbocycles. The minimum atomic E-state index is -4.27. The molecule has 2 rings (SSSR count). The van der Waals surface area contributed by atoms with Crippen molar-refractivity contribution in [3.05, 3.63) is 10.8 Å². The quantitative estimate of drug-likeness (QED) is 0.893. The molecular formula is C10H12BrF3N4. The summed E-state index contributed by atoms with van der Waals surface area (Å²) in [6.07, 6.45) is -2.89. The largest absolute Gasteiger partial charge is 0.411 e. The van der Waals surface area contributed by atoms with Gasteiger partial charge in [-0.25, -0.2) is 9.97 Å². The van der Waals surface area contributed by atoms with Gasteiger partial charge in [-0.2, -0.15) is 13.2 Å². The maximum Gasteiger partial charge on any atom is 0.411 e. The molecule has 100 valence electrons. The topological polar surface area (TPSA) is 49.8 Å². The molecule has 4 nitrogen and oxygen atoms in total. The van der Waals surface area contributed by atoms with Crippen LogP contribution in [0.15, 0.2) is 10.8 Å². The van der Waals surface area contributed by atoms with E-state index in [1.807, 2.05) is 6.92 Å². The van der Waals surface area contributed by atoms with Crippen molar-refractivity contribution in [3.8, 4) is 0 Å². The van der Waals surface area contributed by atoms with E-state index in [4.69, 9.17) is 0 Å². The highest BCUT2D eigenvalue weighted by molar-refractivity contribution is 9.10. The molecule has 0 aromatic carbocycles. The SMILES string of the molecule is CCNc1ncnc(NC2(C(F)(F)F)CC2)c1Br. The Bertz CT molecular complexity index is 445. The average molecular weight is 325 g/mol. The molecule has 8 heteroatoms. The van der Waals surface area contributed by atoms with Crippen molar-refractivity contribution in [2.24, 2.45) is 0 Å². The number of nitrogens with one attached hydrogen (secondary N) is 2. The molecule has 0 amide bonds.